The van der Waals surface area contributed by atoms with Crippen LogP contribution in [0.5, 0.6) is 0 Å². The van der Waals surface area contributed by atoms with E-state index in [2.05, 4.69) is 11.4 Å². The Bertz CT molecular complexity index is 505. The van der Waals surface area contributed by atoms with Crippen LogP contribution in [0.15, 0.2) is 36.4 Å². The van der Waals surface area contributed by atoms with Gasteiger partial charge in [-0.3, -0.25) is 4.79 Å². The molecule has 0 radical (unpaired) electrons. The van der Waals surface area contributed by atoms with E-state index in [0.29, 0.717) is 13.0 Å². The molecule has 0 heterocycles. The van der Waals surface area contributed by atoms with Crippen LogP contribution in [0.4, 0.5) is 13.2 Å². The summed E-state index contributed by atoms with van der Waals surface area (Å²) in [6.07, 6.45) is 2.88. The quantitative estimate of drug-likeness (QED) is 0.843. The molecule has 2 nitrogen and oxygen atoms in total. The van der Waals surface area contributed by atoms with E-state index < -0.39 is 11.7 Å². The molecule has 114 valence electrons. The average molecular weight is 297 g/mol. The molecule has 0 bridgehead atoms. The molecule has 0 fully saturated rings. The first-order valence-electron chi connectivity index (χ1n) is 7.05. The van der Waals surface area contributed by atoms with Gasteiger partial charge in [0.15, 0.2) is 0 Å². The highest BCUT2D eigenvalue weighted by Gasteiger charge is 2.29. The number of amides is 1. The number of allylic oxidation sites excluding steroid dienone is 2. The molecule has 0 aromatic heterocycles. The van der Waals surface area contributed by atoms with Crippen molar-refractivity contribution in [3.8, 4) is 0 Å². The van der Waals surface area contributed by atoms with Crippen molar-refractivity contribution in [2.75, 3.05) is 6.54 Å². The van der Waals surface area contributed by atoms with Gasteiger partial charge in [0.1, 0.15) is 0 Å². The summed E-state index contributed by atoms with van der Waals surface area (Å²) in [4.78, 5) is 11.9. The van der Waals surface area contributed by atoms with Gasteiger partial charge in [0.25, 0.3) is 0 Å². The molecule has 0 spiro atoms. The smallest absolute Gasteiger partial charge is 0.356 e. The average Bonchev–Trinajstić information content (AvgIpc) is 2.47. The van der Waals surface area contributed by atoms with Gasteiger partial charge in [-0.25, -0.2) is 0 Å². The Morgan fingerprint density at radius 2 is 1.90 bits per heavy atom. The zero-order valence-corrected chi connectivity index (χ0v) is 11.6. The Balaban J connectivity index is 1.78. The highest BCUT2D eigenvalue weighted by atomic mass is 19.4. The number of hydrogen-bond acceptors (Lipinski definition) is 1. The molecule has 5 heteroatoms. The fourth-order valence-corrected chi connectivity index (χ4v) is 2.37. The normalized spacial score (nSPS) is 18.5. The van der Waals surface area contributed by atoms with Crippen molar-refractivity contribution >= 4 is 5.91 Å². The highest BCUT2D eigenvalue weighted by Crippen LogP contribution is 2.29. The molecule has 0 saturated carbocycles. The number of benzene rings is 1. The van der Waals surface area contributed by atoms with Crippen LogP contribution in [-0.4, -0.2) is 12.5 Å². The van der Waals surface area contributed by atoms with Crippen LogP contribution in [0, 0.1) is 5.92 Å². The van der Waals surface area contributed by atoms with Crippen LogP contribution in [-0.2, 0) is 17.4 Å². The van der Waals surface area contributed by atoms with Crippen LogP contribution in [0.1, 0.15) is 30.4 Å². The monoisotopic (exact) mass is 297 g/mol. The largest absolute Gasteiger partial charge is 0.416 e. The fourth-order valence-electron chi connectivity index (χ4n) is 2.37. The summed E-state index contributed by atoms with van der Waals surface area (Å²) in [6, 6.07) is 5.06. The summed E-state index contributed by atoms with van der Waals surface area (Å²) < 4.78 is 37.3. The van der Waals surface area contributed by atoms with E-state index in [4.69, 9.17) is 0 Å². The van der Waals surface area contributed by atoms with Gasteiger partial charge in [-0.15, -0.1) is 0 Å². The van der Waals surface area contributed by atoms with Crippen LogP contribution >= 0.6 is 0 Å². The van der Waals surface area contributed by atoms with Crippen LogP contribution < -0.4 is 5.32 Å². The Kier molecular flexibility index (Phi) is 5.04. The molecule has 0 saturated heterocycles. The third kappa shape index (κ3) is 4.62. The molecule has 2 rings (SSSR count). The van der Waals surface area contributed by atoms with Gasteiger partial charge in [0, 0.05) is 12.5 Å². The lowest BCUT2D eigenvalue weighted by molar-refractivity contribution is -0.137. The molecule has 1 aromatic rings. The maximum Gasteiger partial charge on any atom is 0.416 e. The number of hydrogen-bond donors (Lipinski definition) is 1. The van der Waals surface area contributed by atoms with Crippen molar-refractivity contribution in [3.05, 3.63) is 47.5 Å². The summed E-state index contributed by atoms with van der Waals surface area (Å²) in [5.41, 5.74) is 0.135. The third-order valence-corrected chi connectivity index (χ3v) is 3.63. The maximum absolute atomic E-state index is 12.4. The second kappa shape index (κ2) is 6.78. The minimum Gasteiger partial charge on any atom is -0.356 e. The zero-order valence-electron chi connectivity index (χ0n) is 11.6. The number of halogens is 3. The summed E-state index contributed by atoms with van der Waals surface area (Å²) >= 11 is 0. The SMILES string of the molecule is O=C(NCCc1ccc(C(F)(F)F)cc1)[C@@H]1CC=CCC1. The van der Waals surface area contributed by atoms with Gasteiger partial charge in [-0.05, 0) is 43.4 Å². The van der Waals surface area contributed by atoms with Gasteiger partial charge < -0.3 is 5.32 Å². The zero-order chi connectivity index (χ0) is 15.3. The summed E-state index contributed by atoms with van der Waals surface area (Å²) in [5.74, 6) is 0.0638. The molecule has 21 heavy (non-hydrogen) atoms. The molecular weight excluding hydrogens is 279 g/mol. The Morgan fingerprint density at radius 3 is 2.48 bits per heavy atom. The van der Waals surface area contributed by atoms with E-state index in [-0.39, 0.29) is 11.8 Å². The number of alkyl halides is 3. The van der Waals surface area contributed by atoms with Crippen molar-refractivity contribution < 1.29 is 18.0 Å². The summed E-state index contributed by atoms with van der Waals surface area (Å²) in [6.45, 7) is 0.449. The number of nitrogens with one attached hydrogen (secondary N) is 1. The lowest BCUT2D eigenvalue weighted by Gasteiger charge is -2.17. The third-order valence-electron chi connectivity index (χ3n) is 3.63. The first-order chi connectivity index (χ1) is 9.97. The predicted octanol–water partition coefficient (Wildman–Crippen LogP) is 3.72. The van der Waals surface area contributed by atoms with E-state index in [1.165, 1.54) is 12.1 Å². The molecule has 1 aliphatic carbocycles. The molecule has 1 amide bonds. The number of carbonyl (C=O) groups is 1. The highest BCUT2D eigenvalue weighted by molar-refractivity contribution is 5.78. The topological polar surface area (TPSA) is 29.1 Å². The molecular formula is C16H18F3NO. The van der Waals surface area contributed by atoms with Gasteiger partial charge in [0.2, 0.25) is 5.91 Å². The van der Waals surface area contributed by atoms with E-state index in [1.807, 2.05) is 6.08 Å². The second-order valence-corrected chi connectivity index (χ2v) is 5.22. The molecule has 0 unspecified atom stereocenters. The van der Waals surface area contributed by atoms with Crippen molar-refractivity contribution in [2.24, 2.45) is 5.92 Å². The van der Waals surface area contributed by atoms with E-state index in [9.17, 15) is 18.0 Å². The van der Waals surface area contributed by atoms with E-state index in [0.717, 1.165) is 37.0 Å². The molecule has 1 aromatic carbocycles. The summed E-state index contributed by atoms with van der Waals surface area (Å²) in [7, 11) is 0. The molecule has 1 N–H and O–H groups in total. The van der Waals surface area contributed by atoms with Crippen LogP contribution in [0.3, 0.4) is 0 Å². The molecule has 1 aliphatic rings. The van der Waals surface area contributed by atoms with Crippen LogP contribution in [0.25, 0.3) is 0 Å². The first kappa shape index (κ1) is 15.6. The second-order valence-electron chi connectivity index (χ2n) is 5.22. The van der Waals surface area contributed by atoms with E-state index in [1.54, 1.807) is 0 Å². The minimum atomic E-state index is -4.30. The van der Waals surface area contributed by atoms with Crippen LogP contribution in [0.2, 0.25) is 0 Å². The lowest BCUT2D eigenvalue weighted by atomic mass is 9.93. The summed E-state index contributed by atoms with van der Waals surface area (Å²) in [5, 5.41) is 2.85. The van der Waals surface area contributed by atoms with E-state index >= 15 is 0 Å². The van der Waals surface area contributed by atoms with Gasteiger partial charge >= 0.3 is 6.18 Å². The molecule has 1 atom stereocenters. The standard InChI is InChI=1S/C16H18F3NO/c17-16(18,19)14-8-6-12(7-9-14)10-11-20-15(21)13-4-2-1-3-5-13/h1-2,6-9,13H,3-5,10-11H2,(H,20,21)/t13-/m1/s1. The maximum atomic E-state index is 12.4. The van der Waals surface area contributed by atoms with Crippen molar-refractivity contribution in [3.63, 3.8) is 0 Å². The predicted molar refractivity (Wildman–Crippen MR) is 74.6 cm³/mol. The first-order valence-corrected chi connectivity index (χ1v) is 7.05. The van der Waals surface area contributed by atoms with Crippen molar-refractivity contribution in [2.45, 2.75) is 31.9 Å². The Morgan fingerprint density at radius 1 is 1.19 bits per heavy atom. The van der Waals surface area contributed by atoms with Gasteiger partial charge in [-0.2, -0.15) is 13.2 Å². The molecule has 0 aliphatic heterocycles. The van der Waals surface area contributed by atoms with Crippen molar-refractivity contribution in [1.82, 2.24) is 5.32 Å². The number of carbonyl (C=O) groups excluding carboxylic acids is 1. The fraction of sp³-hybridized carbons (Fsp3) is 0.438. The van der Waals surface area contributed by atoms with Crippen molar-refractivity contribution in [1.29, 1.82) is 0 Å². The van der Waals surface area contributed by atoms with Gasteiger partial charge in [-0.1, -0.05) is 24.3 Å². The number of rotatable bonds is 4. The minimum absolute atomic E-state index is 0.0302. The van der Waals surface area contributed by atoms with Gasteiger partial charge in [0.05, 0.1) is 5.56 Å². The lowest BCUT2D eigenvalue weighted by Crippen LogP contribution is -2.32. The Labute approximate surface area is 122 Å². The Hall–Kier alpha value is -1.78.